The van der Waals surface area contributed by atoms with Crippen LogP contribution in [0.5, 0.6) is 0 Å². The average Bonchev–Trinajstić information content (AvgIpc) is 3.37. The van der Waals surface area contributed by atoms with E-state index in [1.807, 2.05) is 95.5 Å². The van der Waals surface area contributed by atoms with Crippen LogP contribution in [0, 0.1) is 12.8 Å². The number of likely N-dealkylation sites (tertiary alicyclic amines) is 1. The first-order chi connectivity index (χ1) is 17.6. The molecule has 0 unspecified atom stereocenters. The molecule has 0 N–H and O–H groups in total. The number of Topliss-reactive ketones (excluding diaryl/α,β-unsaturated/α-hetero) is 1. The van der Waals surface area contributed by atoms with Crippen molar-refractivity contribution in [3.05, 3.63) is 108 Å². The van der Waals surface area contributed by atoms with Crippen molar-refractivity contribution in [3.8, 4) is 16.9 Å². The number of nitrogens with zero attached hydrogens (tertiary/aromatic N) is 4. The van der Waals surface area contributed by atoms with E-state index in [1.54, 1.807) is 18.5 Å². The number of para-hydroxylation sites is 1. The van der Waals surface area contributed by atoms with Gasteiger partial charge in [-0.3, -0.25) is 14.6 Å². The van der Waals surface area contributed by atoms with Crippen molar-refractivity contribution in [2.75, 3.05) is 13.1 Å². The van der Waals surface area contributed by atoms with Gasteiger partial charge in [-0.15, -0.1) is 0 Å². The largest absolute Gasteiger partial charge is 0.339 e. The molecule has 36 heavy (non-hydrogen) atoms. The number of carbonyl (C=O) groups is 2. The summed E-state index contributed by atoms with van der Waals surface area (Å²) in [5, 5.41) is 4.77. The highest BCUT2D eigenvalue weighted by atomic mass is 16.2. The first kappa shape index (κ1) is 23.4. The molecule has 3 heterocycles. The highest BCUT2D eigenvalue weighted by molar-refractivity contribution is 5.98. The van der Waals surface area contributed by atoms with E-state index in [0.717, 1.165) is 33.6 Å². The average molecular weight is 477 g/mol. The van der Waals surface area contributed by atoms with Gasteiger partial charge in [-0.2, -0.15) is 5.10 Å². The number of aromatic nitrogens is 3. The fraction of sp³-hybridized carbons (Fsp3) is 0.200. The minimum Gasteiger partial charge on any atom is -0.339 e. The molecule has 2 aromatic heterocycles. The van der Waals surface area contributed by atoms with Crippen molar-refractivity contribution in [1.29, 1.82) is 0 Å². The lowest BCUT2D eigenvalue weighted by Crippen LogP contribution is -2.39. The van der Waals surface area contributed by atoms with E-state index < -0.39 is 0 Å². The van der Waals surface area contributed by atoms with E-state index in [-0.39, 0.29) is 17.6 Å². The van der Waals surface area contributed by atoms with Crippen LogP contribution in [0.1, 0.15) is 34.3 Å². The van der Waals surface area contributed by atoms with E-state index in [9.17, 15) is 9.59 Å². The molecule has 0 aliphatic carbocycles. The van der Waals surface area contributed by atoms with Crippen molar-refractivity contribution >= 4 is 17.8 Å². The minimum atomic E-state index is -0.0548. The zero-order valence-corrected chi connectivity index (χ0v) is 20.2. The summed E-state index contributed by atoms with van der Waals surface area (Å²) >= 11 is 0. The maximum absolute atomic E-state index is 13.0. The molecule has 0 atom stereocenters. The molecule has 1 aliphatic heterocycles. The molecule has 6 heteroatoms. The molecule has 1 fully saturated rings. The normalized spacial score (nSPS) is 14.3. The lowest BCUT2D eigenvalue weighted by Gasteiger charge is -2.30. The van der Waals surface area contributed by atoms with Crippen molar-refractivity contribution in [2.24, 2.45) is 5.92 Å². The number of piperidine rings is 1. The molecular formula is C30H28N4O2. The number of pyridine rings is 1. The number of amides is 1. The molecule has 5 rings (SSSR count). The SMILES string of the molecule is Cc1ccc(C(=O)C2CCN(C(=O)/C=C/c3cn(-c4ccccc4)nc3-c3cccnc3)CC2)cc1. The molecule has 0 radical (unpaired) electrons. The third-order valence-corrected chi connectivity index (χ3v) is 6.62. The van der Waals surface area contributed by atoms with Crippen molar-refractivity contribution in [1.82, 2.24) is 19.7 Å². The summed E-state index contributed by atoms with van der Waals surface area (Å²) in [4.78, 5) is 31.9. The highest BCUT2D eigenvalue weighted by Gasteiger charge is 2.27. The fourth-order valence-electron chi connectivity index (χ4n) is 4.53. The minimum absolute atomic E-state index is 0.0398. The first-order valence-corrected chi connectivity index (χ1v) is 12.2. The number of ketones is 1. The van der Waals surface area contributed by atoms with Crippen LogP contribution < -0.4 is 0 Å². The predicted molar refractivity (Wildman–Crippen MR) is 141 cm³/mol. The van der Waals surface area contributed by atoms with Gasteiger partial charge in [0.15, 0.2) is 5.78 Å². The van der Waals surface area contributed by atoms with Gasteiger partial charge in [0.1, 0.15) is 5.69 Å². The van der Waals surface area contributed by atoms with E-state index >= 15 is 0 Å². The Morgan fingerprint density at radius 2 is 1.69 bits per heavy atom. The van der Waals surface area contributed by atoms with Gasteiger partial charge in [-0.1, -0.05) is 48.0 Å². The summed E-state index contributed by atoms with van der Waals surface area (Å²) < 4.78 is 1.81. The van der Waals surface area contributed by atoms with E-state index in [1.165, 1.54) is 0 Å². The van der Waals surface area contributed by atoms with Gasteiger partial charge >= 0.3 is 0 Å². The summed E-state index contributed by atoms with van der Waals surface area (Å²) in [6, 6.07) is 21.4. The molecule has 1 saturated heterocycles. The Hall–Kier alpha value is -4.32. The van der Waals surface area contributed by atoms with Crippen LogP contribution in [-0.4, -0.2) is 44.4 Å². The number of carbonyl (C=O) groups excluding carboxylic acids is 2. The summed E-state index contributed by atoms with van der Waals surface area (Å²) in [7, 11) is 0. The van der Waals surface area contributed by atoms with E-state index in [4.69, 9.17) is 5.10 Å². The number of aryl methyl sites for hydroxylation is 1. The van der Waals surface area contributed by atoms with Gasteiger partial charge in [0.05, 0.1) is 5.69 Å². The second-order valence-electron chi connectivity index (χ2n) is 9.12. The second kappa shape index (κ2) is 10.5. The van der Waals surface area contributed by atoms with Crippen molar-refractivity contribution < 1.29 is 9.59 Å². The Labute approximate surface area is 210 Å². The third-order valence-electron chi connectivity index (χ3n) is 6.62. The second-order valence-corrected chi connectivity index (χ2v) is 9.12. The van der Waals surface area contributed by atoms with Crippen molar-refractivity contribution in [3.63, 3.8) is 0 Å². The van der Waals surface area contributed by atoms with Crippen LogP contribution in [0.2, 0.25) is 0 Å². The van der Waals surface area contributed by atoms with E-state index in [0.29, 0.717) is 25.9 Å². The van der Waals surface area contributed by atoms with Gasteiger partial charge in [0.2, 0.25) is 5.91 Å². The molecule has 1 aliphatic rings. The molecule has 1 amide bonds. The molecule has 0 saturated carbocycles. The first-order valence-electron chi connectivity index (χ1n) is 12.2. The van der Waals surface area contributed by atoms with Gasteiger partial charge in [-0.05, 0) is 50.1 Å². The van der Waals surface area contributed by atoms with Crippen LogP contribution in [0.15, 0.2) is 91.4 Å². The summed E-state index contributed by atoms with van der Waals surface area (Å²) in [5.41, 5.74) is 5.31. The predicted octanol–water partition coefficient (Wildman–Crippen LogP) is 5.38. The Morgan fingerprint density at radius 1 is 0.944 bits per heavy atom. The Morgan fingerprint density at radius 3 is 2.39 bits per heavy atom. The maximum Gasteiger partial charge on any atom is 0.246 e. The molecule has 0 bridgehead atoms. The zero-order chi connectivity index (χ0) is 24.9. The molecule has 180 valence electrons. The lowest BCUT2D eigenvalue weighted by molar-refractivity contribution is -0.127. The molecular weight excluding hydrogens is 448 g/mol. The zero-order valence-electron chi connectivity index (χ0n) is 20.2. The number of benzene rings is 2. The van der Waals surface area contributed by atoms with Gasteiger partial charge in [-0.25, -0.2) is 4.68 Å². The van der Waals surface area contributed by atoms with Crippen LogP contribution in [0.4, 0.5) is 0 Å². The van der Waals surface area contributed by atoms with Gasteiger partial charge < -0.3 is 4.90 Å². The summed E-state index contributed by atoms with van der Waals surface area (Å²) in [6.45, 7) is 3.16. The molecule has 2 aromatic carbocycles. The standard InChI is InChI=1S/C30H28N4O2/c1-22-9-11-23(12-10-22)30(36)24-15-18-33(19-16-24)28(35)14-13-26-21-34(27-7-3-2-4-8-27)32-29(26)25-6-5-17-31-20-25/h2-14,17,20-21,24H,15-16,18-19H2,1H3/b14-13+. The van der Waals surface area contributed by atoms with E-state index in [2.05, 4.69) is 4.98 Å². The molecule has 0 spiro atoms. The number of rotatable bonds is 6. The van der Waals surface area contributed by atoms with Gasteiger partial charge in [0, 0.05) is 60.4 Å². The fourth-order valence-corrected chi connectivity index (χ4v) is 4.53. The smallest absolute Gasteiger partial charge is 0.246 e. The highest BCUT2D eigenvalue weighted by Crippen LogP contribution is 2.25. The summed E-state index contributed by atoms with van der Waals surface area (Å²) in [6.07, 6.45) is 10.2. The third kappa shape index (κ3) is 5.18. The van der Waals surface area contributed by atoms with Crippen LogP contribution in [0.3, 0.4) is 0 Å². The quantitative estimate of drug-likeness (QED) is 0.277. The number of hydrogen-bond donors (Lipinski definition) is 0. The summed E-state index contributed by atoms with van der Waals surface area (Å²) in [5.74, 6) is 0.0786. The van der Waals surface area contributed by atoms with Crippen LogP contribution in [-0.2, 0) is 4.79 Å². The molecule has 6 nitrogen and oxygen atoms in total. The Kier molecular flexibility index (Phi) is 6.85. The van der Waals surface area contributed by atoms with Crippen LogP contribution >= 0.6 is 0 Å². The maximum atomic E-state index is 13.0. The van der Waals surface area contributed by atoms with Crippen LogP contribution in [0.25, 0.3) is 23.0 Å². The number of hydrogen-bond acceptors (Lipinski definition) is 4. The monoisotopic (exact) mass is 476 g/mol. The lowest BCUT2D eigenvalue weighted by atomic mass is 9.88. The Balaban J connectivity index is 1.29. The van der Waals surface area contributed by atoms with Crippen molar-refractivity contribution in [2.45, 2.75) is 19.8 Å². The molecule has 4 aromatic rings. The Bertz CT molecular complexity index is 1370. The topological polar surface area (TPSA) is 68.1 Å². The van der Waals surface area contributed by atoms with Gasteiger partial charge in [0.25, 0.3) is 0 Å².